The predicted molar refractivity (Wildman–Crippen MR) is 80.9 cm³/mol. The van der Waals surface area contributed by atoms with Crippen LogP contribution in [-0.2, 0) is 12.3 Å². The van der Waals surface area contributed by atoms with Gasteiger partial charge in [0.15, 0.2) is 0 Å². The average Bonchev–Trinajstić information content (AvgIpc) is 3.10. The number of nitrogens with one attached hydrogen (secondary N) is 1. The Morgan fingerprint density at radius 3 is 2.95 bits per heavy atom. The Hall–Kier alpha value is -1.48. The number of hydrogen-bond donors (Lipinski definition) is 1. The summed E-state index contributed by atoms with van der Waals surface area (Å²) in [6, 6.07) is 0.303. The highest BCUT2D eigenvalue weighted by atomic mass is 32.2. The van der Waals surface area contributed by atoms with Gasteiger partial charge in [-0.25, -0.2) is 14.3 Å². The van der Waals surface area contributed by atoms with Gasteiger partial charge in [-0.3, -0.25) is 0 Å². The van der Waals surface area contributed by atoms with Crippen molar-refractivity contribution in [3.05, 3.63) is 12.2 Å². The van der Waals surface area contributed by atoms with Crippen LogP contribution in [0.2, 0.25) is 0 Å². The van der Waals surface area contributed by atoms with E-state index < -0.39 is 0 Å². The van der Waals surface area contributed by atoms with Gasteiger partial charge in [0.2, 0.25) is 5.16 Å². The minimum absolute atomic E-state index is 0.303. The maximum atomic E-state index is 4.29. The molecule has 0 spiro atoms. The lowest BCUT2D eigenvalue weighted by Gasteiger charge is -2.09. The zero-order chi connectivity index (χ0) is 15.1. The van der Waals surface area contributed by atoms with E-state index in [2.05, 4.69) is 51.7 Å². The van der Waals surface area contributed by atoms with E-state index in [9.17, 15) is 0 Å². The van der Waals surface area contributed by atoms with Gasteiger partial charge < -0.3 is 5.32 Å². The molecule has 2 aromatic heterocycles. The standard InChI is InChI=1S/C12H22N8S/c1-4-5-13-6-7-19-12(16-17-18-19)21-8-11-14-9-15-20(11)10(2)3/h9-10,13H,4-8H2,1-3H3. The SMILES string of the molecule is CCCNCCn1nnnc1SCc1ncnn1C(C)C. The Morgan fingerprint density at radius 1 is 1.33 bits per heavy atom. The number of tetrazole rings is 1. The second-order valence-corrected chi connectivity index (χ2v) is 5.88. The molecule has 2 heterocycles. The summed E-state index contributed by atoms with van der Waals surface area (Å²) in [4.78, 5) is 4.29. The number of hydrogen-bond acceptors (Lipinski definition) is 7. The molecule has 2 aromatic rings. The highest BCUT2D eigenvalue weighted by molar-refractivity contribution is 7.98. The average molecular weight is 310 g/mol. The van der Waals surface area contributed by atoms with Crippen molar-refractivity contribution in [2.75, 3.05) is 13.1 Å². The molecule has 0 fully saturated rings. The van der Waals surface area contributed by atoms with Crippen LogP contribution in [0.15, 0.2) is 11.5 Å². The topological polar surface area (TPSA) is 86.3 Å². The maximum absolute atomic E-state index is 4.29. The van der Waals surface area contributed by atoms with E-state index in [1.54, 1.807) is 18.1 Å². The zero-order valence-electron chi connectivity index (χ0n) is 12.7. The van der Waals surface area contributed by atoms with E-state index in [-0.39, 0.29) is 0 Å². The third kappa shape index (κ3) is 4.50. The molecule has 0 bridgehead atoms. The normalized spacial score (nSPS) is 11.4. The van der Waals surface area contributed by atoms with Crippen molar-refractivity contribution in [1.29, 1.82) is 0 Å². The van der Waals surface area contributed by atoms with Gasteiger partial charge >= 0.3 is 0 Å². The molecular formula is C12H22N8S. The summed E-state index contributed by atoms with van der Waals surface area (Å²) in [5, 5.41) is 20.2. The largest absolute Gasteiger partial charge is 0.315 e. The molecular weight excluding hydrogens is 288 g/mol. The monoisotopic (exact) mass is 310 g/mol. The number of thioether (sulfide) groups is 1. The van der Waals surface area contributed by atoms with Gasteiger partial charge in [-0.05, 0) is 37.2 Å². The second kappa shape index (κ2) is 8.08. The van der Waals surface area contributed by atoms with E-state index in [0.717, 1.165) is 37.0 Å². The molecule has 2 rings (SSSR count). The lowest BCUT2D eigenvalue weighted by molar-refractivity contribution is 0.508. The second-order valence-electron chi connectivity index (χ2n) is 4.94. The third-order valence-corrected chi connectivity index (χ3v) is 3.85. The van der Waals surface area contributed by atoms with E-state index in [1.807, 2.05) is 9.36 Å². The van der Waals surface area contributed by atoms with E-state index >= 15 is 0 Å². The fourth-order valence-corrected chi connectivity index (χ4v) is 2.70. The first-order valence-corrected chi connectivity index (χ1v) is 8.19. The van der Waals surface area contributed by atoms with Crippen LogP contribution in [-0.4, -0.2) is 48.1 Å². The van der Waals surface area contributed by atoms with Crippen molar-refractivity contribution < 1.29 is 0 Å². The molecule has 0 atom stereocenters. The molecule has 0 unspecified atom stereocenters. The first kappa shape index (κ1) is 15.9. The first-order chi connectivity index (χ1) is 10.2. The van der Waals surface area contributed by atoms with Crippen molar-refractivity contribution in [2.24, 2.45) is 0 Å². The van der Waals surface area contributed by atoms with E-state index in [0.29, 0.717) is 11.8 Å². The van der Waals surface area contributed by atoms with Crippen molar-refractivity contribution in [1.82, 2.24) is 40.3 Å². The van der Waals surface area contributed by atoms with Gasteiger partial charge in [-0.15, -0.1) is 5.10 Å². The smallest absolute Gasteiger partial charge is 0.209 e. The van der Waals surface area contributed by atoms with Crippen LogP contribution in [0.25, 0.3) is 0 Å². The van der Waals surface area contributed by atoms with Gasteiger partial charge in [0.05, 0.1) is 12.3 Å². The summed E-state index contributed by atoms with van der Waals surface area (Å²) in [6.45, 7) is 8.98. The number of rotatable bonds is 9. The van der Waals surface area contributed by atoms with Crippen molar-refractivity contribution in [2.45, 2.75) is 50.7 Å². The van der Waals surface area contributed by atoms with Crippen LogP contribution in [0, 0.1) is 0 Å². The molecule has 1 N–H and O–H groups in total. The summed E-state index contributed by atoms with van der Waals surface area (Å²) >= 11 is 1.58. The maximum Gasteiger partial charge on any atom is 0.209 e. The summed E-state index contributed by atoms with van der Waals surface area (Å²) < 4.78 is 3.74. The number of nitrogens with zero attached hydrogens (tertiary/aromatic N) is 7. The van der Waals surface area contributed by atoms with Crippen LogP contribution >= 0.6 is 11.8 Å². The van der Waals surface area contributed by atoms with Gasteiger partial charge in [-0.2, -0.15) is 5.10 Å². The molecule has 21 heavy (non-hydrogen) atoms. The Morgan fingerprint density at radius 2 is 2.19 bits per heavy atom. The molecule has 0 saturated heterocycles. The lowest BCUT2D eigenvalue weighted by Crippen LogP contribution is -2.21. The summed E-state index contributed by atoms with van der Waals surface area (Å²) in [7, 11) is 0. The Kier molecular flexibility index (Phi) is 6.12. The van der Waals surface area contributed by atoms with Gasteiger partial charge in [-0.1, -0.05) is 18.7 Å². The minimum atomic E-state index is 0.303. The summed E-state index contributed by atoms with van der Waals surface area (Å²) in [5.74, 6) is 1.65. The Balaban J connectivity index is 1.88. The van der Waals surface area contributed by atoms with Crippen LogP contribution in [0.1, 0.15) is 39.1 Å². The summed E-state index contributed by atoms with van der Waals surface area (Å²) in [6.07, 6.45) is 2.72. The predicted octanol–water partition coefficient (Wildman–Crippen LogP) is 1.14. The minimum Gasteiger partial charge on any atom is -0.315 e. The molecule has 0 aliphatic heterocycles. The van der Waals surface area contributed by atoms with Crippen LogP contribution in [0.3, 0.4) is 0 Å². The van der Waals surface area contributed by atoms with Gasteiger partial charge in [0.25, 0.3) is 0 Å². The zero-order valence-corrected chi connectivity index (χ0v) is 13.5. The van der Waals surface area contributed by atoms with Crippen molar-refractivity contribution in [3.63, 3.8) is 0 Å². The molecule has 0 amide bonds. The summed E-state index contributed by atoms with van der Waals surface area (Å²) in [5.41, 5.74) is 0. The Bertz CT molecular complexity index is 535. The van der Waals surface area contributed by atoms with Gasteiger partial charge in [0.1, 0.15) is 12.2 Å². The van der Waals surface area contributed by atoms with E-state index in [1.165, 1.54) is 0 Å². The highest BCUT2D eigenvalue weighted by Gasteiger charge is 2.11. The fraction of sp³-hybridized carbons (Fsp3) is 0.750. The molecule has 0 aliphatic rings. The van der Waals surface area contributed by atoms with Crippen LogP contribution in [0.4, 0.5) is 0 Å². The molecule has 9 heteroatoms. The quantitative estimate of drug-likeness (QED) is 0.549. The van der Waals surface area contributed by atoms with Crippen molar-refractivity contribution >= 4 is 11.8 Å². The van der Waals surface area contributed by atoms with Crippen LogP contribution < -0.4 is 5.32 Å². The van der Waals surface area contributed by atoms with Crippen LogP contribution in [0.5, 0.6) is 0 Å². The molecule has 0 aromatic carbocycles. The molecule has 8 nitrogen and oxygen atoms in total. The number of aromatic nitrogens is 7. The van der Waals surface area contributed by atoms with Gasteiger partial charge in [0, 0.05) is 12.6 Å². The fourth-order valence-electron chi connectivity index (χ4n) is 1.86. The Labute approximate surface area is 128 Å². The third-order valence-electron chi connectivity index (χ3n) is 2.89. The van der Waals surface area contributed by atoms with E-state index in [4.69, 9.17) is 0 Å². The molecule has 0 aliphatic carbocycles. The molecule has 0 radical (unpaired) electrons. The molecule has 116 valence electrons. The lowest BCUT2D eigenvalue weighted by atomic mass is 10.4. The molecule has 0 saturated carbocycles. The van der Waals surface area contributed by atoms with Crippen molar-refractivity contribution in [3.8, 4) is 0 Å². The first-order valence-electron chi connectivity index (χ1n) is 7.20. The highest BCUT2D eigenvalue weighted by Crippen LogP contribution is 2.19.